The SMILES string of the molecule is CCC(C)N(CC(=O)O)C(=O)NCCc1cnc[nH]1. The Morgan fingerprint density at radius 2 is 2.32 bits per heavy atom. The fourth-order valence-corrected chi connectivity index (χ4v) is 1.62. The topological polar surface area (TPSA) is 98.3 Å². The average molecular weight is 268 g/mol. The first-order chi connectivity index (χ1) is 9.04. The van der Waals surface area contributed by atoms with Crippen LogP contribution in [0.1, 0.15) is 26.0 Å². The predicted molar refractivity (Wildman–Crippen MR) is 69.8 cm³/mol. The fourth-order valence-electron chi connectivity index (χ4n) is 1.62. The van der Waals surface area contributed by atoms with E-state index in [9.17, 15) is 9.59 Å². The van der Waals surface area contributed by atoms with Gasteiger partial charge in [0.25, 0.3) is 0 Å². The highest BCUT2D eigenvalue weighted by molar-refractivity contribution is 5.80. The maximum absolute atomic E-state index is 11.9. The molecule has 0 aliphatic rings. The maximum atomic E-state index is 11.9. The number of aromatic amines is 1. The molecule has 0 radical (unpaired) electrons. The van der Waals surface area contributed by atoms with Gasteiger partial charge in [0, 0.05) is 30.9 Å². The van der Waals surface area contributed by atoms with Gasteiger partial charge in [0.05, 0.1) is 6.33 Å². The number of imidazole rings is 1. The van der Waals surface area contributed by atoms with Crippen molar-refractivity contribution in [2.75, 3.05) is 13.1 Å². The van der Waals surface area contributed by atoms with Gasteiger partial charge in [0.1, 0.15) is 6.54 Å². The summed E-state index contributed by atoms with van der Waals surface area (Å²) in [4.78, 5) is 30.8. The lowest BCUT2D eigenvalue weighted by atomic mass is 10.2. The van der Waals surface area contributed by atoms with E-state index in [0.717, 1.165) is 5.69 Å². The van der Waals surface area contributed by atoms with E-state index in [1.54, 1.807) is 12.5 Å². The Labute approximate surface area is 112 Å². The molecule has 1 unspecified atom stereocenters. The van der Waals surface area contributed by atoms with Crippen LogP contribution in [0.3, 0.4) is 0 Å². The van der Waals surface area contributed by atoms with E-state index in [1.807, 2.05) is 13.8 Å². The highest BCUT2D eigenvalue weighted by Crippen LogP contribution is 2.03. The zero-order valence-electron chi connectivity index (χ0n) is 11.2. The van der Waals surface area contributed by atoms with Crippen molar-refractivity contribution in [3.8, 4) is 0 Å². The fraction of sp³-hybridized carbons (Fsp3) is 0.583. The number of amides is 2. The Bertz CT molecular complexity index is 405. The summed E-state index contributed by atoms with van der Waals surface area (Å²) in [5.41, 5.74) is 0.925. The molecule has 0 aliphatic heterocycles. The third kappa shape index (κ3) is 4.99. The minimum atomic E-state index is -1.01. The number of nitrogens with one attached hydrogen (secondary N) is 2. The van der Waals surface area contributed by atoms with Gasteiger partial charge in [-0.25, -0.2) is 9.78 Å². The van der Waals surface area contributed by atoms with Gasteiger partial charge in [-0.05, 0) is 13.3 Å². The first kappa shape index (κ1) is 15.0. The second-order valence-corrected chi connectivity index (χ2v) is 4.34. The van der Waals surface area contributed by atoms with Crippen molar-refractivity contribution < 1.29 is 14.7 Å². The summed E-state index contributed by atoms with van der Waals surface area (Å²) < 4.78 is 0. The van der Waals surface area contributed by atoms with Crippen LogP contribution in [0, 0.1) is 0 Å². The molecule has 0 spiro atoms. The summed E-state index contributed by atoms with van der Waals surface area (Å²) in [7, 11) is 0. The number of nitrogens with zero attached hydrogens (tertiary/aromatic N) is 2. The van der Waals surface area contributed by atoms with E-state index >= 15 is 0 Å². The van der Waals surface area contributed by atoms with Crippen molar-refractivity contribution in [2.24, 2.45) is 0 Å². The molecule has 1 atom stereocenters. The van der Waals surface area contributed by atoms with Gasteiger partial charge in [-0.2, -0.15) is 0 Å². The van der Waals surface area contributed by atoms with Gasteiger partial charge < -0.3 is 20.3 Å². The Balaban J connectivity index is 2.44. The molecule has 1 aromatic heterocycles. The molecule has 0 fully saturated rings. The zero-order valence-corrected chi connectivity index (χ0v) is 11.2. The number of carboxylic acid groups (broad SMARTS) is 1. The molecule has 19 heavy (non-hydrogen) atoms. The molecular formula is C12H20N4O3. The number of hydrogen-bond donors (Lipinski definition) is 3. The molecule has 0 aliphatic carbocycles. The number of aliphatic carboxylic acids is 1. The Morgan fingerprint density at radius 1 is 1.58 bits per heavy atom. The van der Waals surface area contributed by atoms with Crippen LogP contribution in [0.25, 0.3) is 0 Å². The number of carbonyl (C=O) groups is 2. The lowest BCUT2D eigenvalue weighted by molar-refractivity contribution is -0.138. The normalized spacial score (nSPS) is 11.9. The van der Waals surface area contributed by atoms with Crippen molar-refractivity contribution in [3.05, 3.63) is 18.2 Å². The van der Waals surface area contributed by atoms with E-state index in [1.165, 1.54) is 4.90 Å². The molecular weight excluding hydrogens is 248 g/mol. The largest absolute Gasteiger partial charge is 0.480 e. The summed E-state index contributed by atoms with van der Waals surface area (Å²) in [6.45, 7) is 3.90. The summed E-state index contributed by atoms with van der Waals surface area (Å²) >= 11 is 0. The highest BCUT2D eigenvalue weighted by Gasteiger charge is 2.20. The van der Waals surface area contributed by atoms with Gasteiger partial charge in [0.15, 0.2) is 0 Å². The molecule has 106 valence electrons. The molecule has 1 aromatic rings. The van der Waals surface area contributed by atoms with Crippen LogP contribution in [-0.4, -0.2) is 51.1 Å². The summed E-state index contributed by atoms with van der Waals surface area (Å²) in [5, 5.41) is 11.5. The number of hydrogen-bond acceptors (Lipinski definition) is 3. The standard InChI is InChI=1S/C12H20N4O3/c1-3-9(2)16(7-11(17)18)12(19)14-5-4-10-6-13-8-15-10/h6,8-9H,3-5,7H2,1-2H3,(H,13,15)(H,14,19)(H,17,18). The lowest BCUT2D eigenvalue weighted by Gasteiger charge is -2.27. The van der Waals surface area contributed by atoms with Crippen LogP contribution in [0.15, 0.2) is 12.5 Å². The maximum Gasteiger partial charge on any atom is 0.323 e. The van der Waals surface area contributed by atoms with E-state index < -0.39 is 5.97 Å². The monoisotopic (exact) mass is 268 g/mol. The number of rotatable bonds is 7. The highest BCUT2D eigenvalue weighted by atomic mass is 16.4. The molecule has 1 heterocycles. The molecule has 0 saturated carbocycles. The van der Waals surface area contributed by atoms with Crippen LogP contribution >= 0.6 is 0 Å². The van der Waals surface area contributed by atoms with Crippen LogP contribution in [-0.2, 0) is 11.2 Å². The van der Waals surface area contributed by atoms with Gasteiger partial charge in [-0.15, -0.1) is 0 Å². The van der Waals surface area contributed by atoms with E-state index in [0.29, 0.717) is 19.4 Å². The molecule has 0 saturated heterocycles. The van der Waals surface area contributed by atoms with Gasteiger partial charge in [-0.3, -0.25) is 4.79 Å². The minimum Gasteiger partial charge on any atom is -0.480 e. The summed E-state index contributed by atoms with van der Waals surface area (Å²) in [6, 6.07) is -0.459. The molecule has 0 aromatic carbocycles. The summed E-state index contributed by atoms with van der Waals surface area (Å²) in [5.74, 6) is -1.01. The lowest BCUT2D eigenvalue weighted by Crippen LogP contribution is -2.47. The van der Waals surface area contributed by atoms with Crippen molar-refractivity contribution in [1.82, 2.24) is 20.2 Å². The van der Waals surface area contributed by atoms with E-state index in [-0.39, 0.29) is 18.6 Å². The van der Waals surface area contributed by atoms with Crippen LogP contribution in [0.5, 0.6) is 0 Å². The van der Waals surface area contributed by atoms with Crippen molar-refractivity contribution >= 4 is 12.0 Å². The number of carbonyl (C=O) groups excluding carboxylic acids is 1. The second-order valence-electron chi connectivity index (χ2n) is 4.34. The number of H-pyrrole nitrogens is 1. The number of carboxylic acids is 1. The smallest absolute Gasteiger partial charge is 0.323 e. The van der Waals surface area contributed by atoms with Crippen LogP contribution in [0.2, 0.25) is 0 Å². The average Bonchev–Trinajstić information content (AvgIpc) is 2.87. The van der Waals surface area contributed by atoms with E-state index in [2.05, 4.69) is 15.3 Å². The van der Waals surface area contributed by atoms with E-state index in [4.69, 9.17) is 5.11 Å². The molecule has 2 amide bonds. The van der Waals surface area contributed by atoms with Gasteiger partial charge in [0.2, 0.25) is 0 Å². The third-order valence-electron chi connectivity index (χ3n) is 2.91. The number of urea groups is 1. The Hall–Kier alpha value is -2.05. The molecule has 3 N–H and O–H groups in total. The zero-order chi connectivity index (χ0) is 14.3. The third-order valence-corrected chi connectivity index (χ3v) is 2.91. The Kier molecular flexibility index (Phi) is 5.84. The summed E-state index contributed by atoms with van der Waals surface area (Å²) in [6.07, 6.45) is 4.61. The molecule has 1 rings (SSSR count). The van der Waals surface area contributed by atoms with Crippen LogP contribution in [0.4, 0.5) is 4.79 Å². The first-order valence-electron chi connectivity index (χ1n) is 6.28. The van der Waals surface area contributed by atoms with Crippen LogP contribution < -0.4 is 5.32 Å². The Morgan fingerprint density at radius 3 is 2.84 bits per heavy atom. The molecule has 0 bridgehead atoms. The van der Waals surface area contributed by atoms with Crippen molar-refractivity contribution in [1.29, 1.82) is 0 Å². The first-order valence-corrected chi connectivity index (χ1v) is 6.28. The predicted octanol–water partition coefficient (Wildman–Crippen LogP) is 0.847. The van der Waals surface area contributed by atoms with Gasteiger partial charge >= 0.3 is 12.0 Å². The van der Waals surface area contributed by atoms with Crippen molar-refractivity contribution in [3.63, 3.8) is 0 Å². The number of aromatic nitrogens is 2. The van der Waals surface area contributed by atoms with Gasteiger partial charge in [-0.1, -0.05) is 6.92 Å². The second kappa shape index (κ2) is 7.40. The minimum absolute atomic E-state index is 0.108. The van der Waals surface area contributed by atoms with Crippen molar-refractivity contribution in [2.45, 2.75) is 32.7 Å². The quantitative estimate of drug-likeness (QED) is 0.682. The molecule has 7 nitrogen and oxygen atoms in total. The molecule has 7 heteroatoms.